The van der Waals surface area contributed by atoms with Crippen molar-refractivity contribution in [3.8, 4) is 51.7 Å². The summed E-state index contributed by atoms with van der Waals surface area (Å²) >= 11 is 0. The van der Waals surface area contributed by atoms with Crippen molar-refractivity contribution in [2.24, 2.45) is 0 Å². The molecule has 0 radical (unpaired) electrons. The summed E-state index contributed by atoms with van der Waals surface area (Å²) in [6, 6.07) is 44.4. The van der Waals surface area contributed by atoms with Crippen LogP contribution in [0.4, 0.5) is 10.1 Å². The van der Waals surface area contributed by atoms with E-state index in [1.165, 1.54) is 62.1 Å². The second-order valence-electron chi connectivity index (χ2n) is 27.0. The van der Waals surface area contributed by atoms with Gasteiger partial charge in [-0.2, -0.15) is 0 Å². The van der Waals surface area contributed by atoms with E-state index >= 15 is 0 Å². The molecule has 0 aromatic heterocycles. The van der Waals surface area contributed by atoms with E-state index in [0.29, 0.717) is 88.0 Å². The van der Waals surface area contributed by atoms with Crippen molar-refractivity contribution in [3.05, 3.63) is 189 Å². The smallest absolute Gasteiger partial charge is 0.189 e. The topological polar surface area (TPSA) is 105 Å². The Hall–Kier alpha value is -7.61. The summed E-state index contributed by atoms with van der Waals surface area (Å²) < 4.78 is 72.4. The minimum Gasteiger partial charge on any atom is -0.493 e. The van der Waals surface area contributed by atoms with Gasteiger partial charge in [0.25, 0.3) is 0 Å². The van der Waals surface area contributed by atoms with Crippen molar-refractivity contribution in [2.75, 3.05) is 91.1 Å². The minimum atomic E-state index is -0.314. The standard InChI is InChI=1S/C13H18FNO.2C12H16O2.C12H16O.2C11H14O2.C11H14O/c1-10(2)11-3-4-13-12(9-11)15(6-5-14)7-8-16-13;1-9(2)10-4-5-11-12(8-10)14-7-3-6-13-11;1-9(2)10-3-4-12-11(7-10)5-6-13-8-14-12;1-9(2)10-5-6-12-11(8-10)4-3-7-13-12;1-8(2)9-3-4-11-10(5-9)6-12-7-13-11;1-8(2)9-3-4-10-11(7-9)13-6-5-12-10;1-8(2)9-3-4-11-10(7-9)5-6-12-11/h3-4,9-10H,5-8H2,1-2H3;4-5,8-9H,3,6-7H2,1-2H3;3-4,7,9H,5-6,8H2,1-2H3;5-6,8-9H,3-4,7H2,1-2H3;3-5,8H,6-7H2,1-2H3;3-4,7-8H,5-6H2,1-2H3;3-4,7-8H,5-6H2,1-2H3. The number of hydrogen-bond acceptors (Lipinski definition) is 12. The molecule has 0 spiro atoms. The molecule has 95 heavy (non-hydrogen) atoms. The van der Waals surface area contributed by atoms with E-state index in [1.54, 1.807) is 0 Å². The van der Waals surface area contributed by atoms with Crippen molar-refractivity contribution >= 4 is 5.69 Å². The van der Waals surface area contributed by atoms with Crippen molar-refractivity contribution in [2.45, 2.75) is 177 Å². The number of nitrogens with zero attached hydrogens (tertiary/aromatic N) is 1. The van der Waals surface area contributed by atoms with Crippen molar-refractivity contribution in [3.63, 3.8) is 0 Å². The molecular weight excluding hydrogens is 1190 g/mol. The molecule has 0 saturated carbocycles. The lowest BCUT2D eigenvalue weighted by Gasteiger charge is -2.31. The summed E-state index contributed by atoms with van der Waals surface area (Å²) in [6.45, 7) is 39.0. The summed E-state index contributed by atoms with van der Waals surface area (Å²) in [6.07, 6.45) is 5.34. The van der Waals surface area contributed by atoms with Crippen LogP contribution in [0.15, 0.2) is 127 Å². The molecule has 0 fully saturated rings. The van der Waals surface area contributed by atoms with Gasteiger partial charge in [0, 0.05) is 24.9 Å². The number of anilines is 1. The number of aryl methyl sites for hydroxylation is 1. The second kappa shape index (κ2) is 37.1. The van der Waals surface area contributed by atoms with Gasteiger partial charge in [0.1, 0.15) is 55.2 Å². The van der Waals surface area contributed by atoms with Crippen molar-refractivity contribution in [1.29, 1.82) is 0 Å². The maximum atomic E-state index is 12.4. The van der Waals surface area contributed by atoms with E-state index in [0.717, 1.165) is 128 Å². The summed E-state index contributed by atoms with van der Waals surface area (Å²) in [7, 11) is 0. The van der Waals surface area contributed by atoms with Gasteiger partial charge in [0.05, 0.1) is 51.9 Å². The van der Waals surface area contributed by atoms with Crippen LogP contribution in [0, 0.1) is 0 Å². The zero-order valence-electron chi connectivity index (χ0n) is 59.4. The fourth-order valence-electron chi connectivity index (χ4n) is 11.4. The van der Waals surface area contributed by atoms with Crippen LogP contribution in [0.25, 0.3) is 0 Å². The summed E-state index contributed by atoms with van der Waals surface area (Å²) in [4.78, 5) is 2.06. The van der Waals surface area contributed by atoms with Gasteiger partial charge < -0.3 is 57.0 Å². The van der Waals surface area contributed by atoms with Gasteiger partial charge >= 0.3 is 0 Å². The highest BCUT2D eigenvalue weighted by Crippen LogP contribution is 2.37. The molecule has 7 heterocycles. The van der Waals surface area contributed by atoms with Crippen LogP contribution in [0.3, 0.4) is 0 Å². The molecule has 0 amide bonds. The number of hydrogen-bond donors (Lipinski definition) is 0. The summed E-state index contributed by atoms with van der Waals surface area (Å²) in [5, 5.41) is 0. The SMILES string of the molecule is CC(C)c1ccc2c(c1)CCCO2.CC(C)c1ccc2c(c1)CCO2.CC(C)c1ccc2c(c1)CCOCO2.CC(C)c1ccc2c(c1)COCO2.CC(C)c1ccc2c(c1)N(CCF)CCO2.CC(C)c1ccc2c(c1)OCCCO2.CC(C)c1ccc2c(c1)OCCO2. The van der Waals surface area contributed by atoms with Gasteiger partial charge in [-0.15, -0.1) is 0 Å². The first kappa shape index (κ1) is 73.2. The van der Waals surface area contributed by atoms with Crippen LogP contribution in [-0.4, -0.2) is 86.2 Å². The van der Waals surface area contributed by atoms with E-state index in [-0.39, 0.29) is 6.67 Å². The van der Waals surface area contributed by atoms with Crippen LogP contribution >= 0.6 is 0 Å². The third-order valence-corrected chi connectivity index (χ3v) is 17.5. The predicted molar refractivity (Wildman–Crippen MR) is 382 cm³/mol. The largest absolute Gasteiger partial charge is 0.493 e. The Labute approximate surface area is 568 Å². The van der Waals surface area contributed by atoms with Crippen LogP contribution in [0.2, 0.25) is 0 Å². The highest BCUT2D eigenvalue weighted by molar-refractivity contribution is 5.62. The number of rotatable bonds is 9. The van der Waals surface area contributed by atoms with E-state index in [2.05, 4.69) is 205 Å². The Morgan fingerprint density at radius 1 is 0.305 bits per heavy atom. The maximum absolute atomic E-state index is 12.4. The van der Waals surface area contributed by atoms with E-state index < -0.39 is 0 Å². The normalized spacial score (nSPS) is 15.2. The molecule has 0 atom stereocenters. The summed E-state index contributed by atoms with van der Waals surface area (Å²) in [5.74, 6) is 12.5. The predicted octanol–water partition coefficient (Wildman–Crippen LogP) is 19.8. The zero-order chi connectivity index (χ0) is 67.8. The van der Waals surface area contributed by atoms with Crippen LogP contribution < -0.4 is 47.5 Å². The molecule has 0 N–H and O–H groups in total. The second-order valence-corrected chi connectivity index (χ2v) is 27.0. The molecule has 0 bridgehead atoms. The molecule has 0 unspecified atom stereocenters. The van der Waals surface area contributed by atoms with Crippen molar-refractivity contribution in [1.82, 2.24) is 0 Å². The number of ether oxygens (including phenoxy) is 11. The molecule has 12 nitrogen and oxygen atoms in total. The number of alkyl halides is 1. The highest BCUT2D eigenvalue weighted by Gasteiger charge is 2.21. The third-order valence-electron chi connectivity index (χ3n) is 17.5. The van der Waals surface area contributed by atoms with Gasteiger partial charge in [0.15, 0.2) is 36.6 Å². The Balaban J connectivity index is 0.000000142. The molecule has 0 aliphatic carbocycles. The van der Waals surface area contributed by atoms with E-state index in [9.17, 15) is 4.39 Å². The first-order valence-corrected chi connectivity index (χ1v) is 34.9. The van der Waals surface area contributed by atoms with Crippen LogP contribution in [0.5, 0.6) is 51.7 Å². The van der Waals surface area contributed by atoms with Crippen molar-refractivity contribution < 1.29 is 56.5 Å². The van der Waals surface area contributed by atoms with Crippen LogP contribution in [0.1, 0.15) is 212 Å². The summed E-state index contributed by atoms with van der Waals surface area (Å²) in [5.41, 5.74) is 15.7. The molecule has 14 rings (SSSR count). The lowest BCUT2D eigenvalue weighted by molar-refractivity contribution is -0.0164. The quantitative estimate of drug-likeness (QED) is 0.137. The first-order chi connectivity index (χ1) is 45.8. The first-order valence-electron chi connectivity index (χ1n) is 34.9. The third kappa shape index (κ3) is 22.0. The fourth-order valence-corrected chi connectivity index (χ4v) is 11.4. The maximum Gasteiger partial charge on any atom is 0.189 e. The van der Waals surface area contributed by atoms with Gasteiger partial charge in [-0.1, -0.05) is 158 Å². The number of fused-ring (bicyclic) bond motifs is 7. The monoisotopic (exact) mass is 1300 g/mol. The average Bonchev–Trinajstić information content (AvgIpc) is 1.68. The zero-order valence-corrected chi connectivity index (χ0v) is 59.4. The molecule has 0 saturated heterocycles. The Bertz CT molecular complexity index is 3270. The lowest BCUT2D eigenvalue weighted by atomic mass is 9.97. The Morgan fingerprint density at radius 3 is 1.16 bits per heavy atom. The molecule has 7 aliphatic heterocycles. The molecule has 514 valence electrons. The Morgan fingerprint density at radius 2 is 0.653 bits per heavy atom. The van der Waals surface area contributed by atoms with Gasteiger partial charge in [-0.3, -0.25) is 0 Å². The van der Waals surface area contributed by atoms with E-state index in [1.807, 2.05) is 24.3 Å². The molecule has 7 aromatic rings. The van der Waals surface area contributed by atoms with Gasteiger partial charge in [-0.25, -0.2) is 4.39 Å². The van der Waals surface area contributed by atoms with Gasteiger partial charge in [-0.05, 0) is 183 Å². The van der Waals surface area contributed by atoms with Gasteiger partial charge in [0.2, 0.25) is 0 Å². The lowest BCUT2D eigenvalue weighted by Crippen LogP contribution is -2.34. The average molecular weight is 1300 g/mol. The molecule has 7 aromatic carbocycles. The fraction of sp³-hybridized carbons (Fsp3) is 0.488. The molecular formula is C82H108FNO11. The number of halogens is 1. The van der Waals surface area contributed by atoms with E-state index in [4.69, 9.17) is 52.1 Å². The van der Waals surface area contributed by atoms with Crippen LogP contribution in [-0.2, 0) is 35.3 Å². The number of benzene rings is 7. The minimum absolute atomic E-state index is 0.314. The Kier molecular flexibility index (Phi) is 28.5. The highest BCUT2D eigenvalue weighted by atomic mass is 19.1. The molecule has 7 aliphatic rings. The molecule has 13 heteroatoms.